The molecule has 2 N–H and O–H groups in total. The summed E-state index contributed by atoms with van der Waals surface area (Å²) >= 11 is 0. The second-order valence-electron chi connectivity index (χ2n) is 7.27. The first-order chi connectivity index (χ1) is 14.0. The molecule has 0 aliphatic heterocycles. The smallest absolute Gasteiger partial charge is 0.221 e. The molecule has 1 aliphatic rings. The Morgan fingerprint density at radius 3 is 2.28 bits per heavy atom. The molecular formula is C24H22FNO3. The van der Waals surface area contributed by atoms with Crippen molar-refractivity contribution in [2.24, 2.45) is 0 Å². The van der Waals surface area contributed by atoms with Gasteiger partial charge in [-0.15, -0.1) is 0 Å². The number of amides is 1. The van der Waals surface area contributed by atoms with E-state index < -0.39 is 5.82 Å². The summed E-state index contributed by atoms with van der Waals surface area (Å²) in [6, 6.07) is 17.5. The molecule has 0 bridgehead atoms. The number of hydrogen-bond acceptors (Lipinski definition) is 3. The number of carbonyl (C=O) groups excluding carboxylic acids is 1. The highest BCUT2D eigenvalue weighted by Gasteiger charge is 2.19. The molecule has 0 aromatic heterocycles. The van der Waals surface area contributed by atoms with E-state index in [4.69, 9.17) is 4.74 Å². The molecule has 1 aliphatic carbocycles. The zero-order valence-electron chi connectivity index (χ0n) is 16.1. The maximum Gasteiger partial charge on any atom is 0.221 e. The molecule has 0 heterocycles. The van der Waals surface area contributed by atoms with Crippen LogP contribution in [0, 0.1) is 5.82 Å². The van der Waals surface area contributed by atoms with Gasteiger partial charge in [0, 0.05) is 18.1 Å². The molecule has 0 atom stereocenters. The van der Waals surface area contributed by atoms with E-state index in [2.05, 4.69) is 5.32 Å². The van der Waals surface area contributed by atoms with Crippen LogP contribution in [-0.2, 0) is 4.79 Å². The monoisotopic (exact) mass is 391 g/mol. The van der Waals surface area contributed by atoms with Crippen molar-refractivity contribution >= 4 is 11.6 Å². The van der Waals surface area contributed by atoms with Crippen LogP contribution in [0.4, 0.5) is 10.1 Å². The Balaban J connectivity index is 1.62. The molecule has 29 heavy (non-hydrogen) atoms. The van der Waals surface area contributed by atoms with E-state index in [1.807, 2.05) is 36.4 Å². The zero-order chi connectivity index (χ0) is 20.4. The SMILES string of the molecule is CC(=O)Nc1ccc(-c2cccc(-c3ccc(OC4CCC4)cc3)c2O)cc1F. The number of carbonyl (C=O) groups is 1. The lowest BCUT2D eigenvalue weighted by Gasteiger charge is -2.26. The quantitative estimate of drug-likeness (QED) is 0.582. The summed E-state index contributed by atoms with van der Waals surface area (Å²) in [5.41, 5.74) is 2.66. The van der Waals surface area contributed by atoms with E-state index in [9.17, 15) is 14.3 Å². The number of phenols is 1. The van der Waals surface area contributed by atoms with E-state index >= 15 is 0 Å². The fourth-order valence-electron chi connectivity index (χ4n) is 3.38. The van der Waals surface area contributed by atoms with Crippen molar-refractivity contribution in [2.45, 2.75) is 32.3 Å². The van der Waals surface area contributed by atoms with Crippen LogP contribution in [0.5, 0.6) is 11.5 Å². The lowest BCUT2D eigenvalue weighted by atomic mass is 9.96. The van der Waals surface area contributed by atoms with Gasteiger partial charge < -0.3 is 15.2 Å². The van der Waals surface area contributed by atoms with E-state index in [0.29, 0.717) is 22.8 Å². The molecular weight excluding hydrogens is 369 g/mol. The first kappa shape index (κ1) is 19.0. The fourth-order valence-corrected chi connectivity index (χ4v) is 3.38. The molecule has 3 aromatic rings. The Bertz CT molecular complexity index is 1040. The summed E-state index contributed by atoms with van der Waals surface area (Å²) in [7, 11) is 0. The standard InChI is InChI=1S/C24H22FNO3/c1-15(27)26-23-13-10-17(14-22(23)25)21-7-3-6-20(24(21)28)16-8-11-19(12-9-16)29-18-4-2-5-18/h3,6-14,18,28H,2,4-5H2,1H3,(H,26,27). The minimum atomic E-state index is -0.556. The second kappa shape index (κ2) is 7.95. The third kappa shape index (κ3) is 4.09. The molecule has 5 heteroatoms. The molecule has 0 saturated heterocycles. The minimum Gasteiger partial charge on any atom is -0.507 e. The molecule has 0 radical (unpaired) electrons. The van der Waals surface area contributed by atoms with Crippen LogP contribution in [-0.4, -0.2) is 17.1 Å². The molecule has 0 spiro atoms. The van der Waals surface area contributed by atoms with Crippen molar-refractivity contribution in [2.75, 3.05) is 5.32 Å². The Kier molecular flexibility index (Phi) is 5.21. The Labute approximate surface area is 169 Å². The van der Waals surface area contributed by atoms with Crippen molar-refractivity contribution in [1.82, 2.24) is 0 Å². The van der Waals surface area contributed by atoms with Crippen LogP contribution in [0.3, 0.4) is 0 Å². The Hall–Kier alpha value is -3.34. The van der Waals surface area contributed by atoms with Crippen molar-refractivity contribution in [1.29, 1.82) is 0 Å². The van der Waals surface area contributed by atoms with Crippen LogP contribution < -0.4 is 10.1 Å². The van der Waals surface area contributed by atoms with Gasteiger partial charge in [-0.2, -0.15) is 0 Å². The lowest BCUT2D eigenvalue weighted by molar-refractivity contribution is -0.114. The summed E-state index contributed by atoms with van der Waals surface area (Å²) in [5.74, 6) is 0.00259. The largest absolute Gasteiger partial charge is 0.507 e. The van der Waals surface area contributed by atoms with Gasteiger partial charge in [0.25, 0.3) is 0 Å². The number of anilines is 1. The van der Waals surface area contributed by atoms with Gasteiger partial charge in [-0.3, -0.25) is 4.79 Å². The molecule has 3 aromatic carbocycles. The predicted octanol–water partition coefficient (Wildman–Crippen LogP) is 5.76. The average molecular weight is 391 g/mol. The molecule has 4 nitrogen and oxygen atoms in total. The van der Waals surface area contributed by atoms with Crippen molar-refractivity contribution < 1.29 is 19.0 Å². The first-order valence-corrected chi connectivity index (χ1v) is 9.68. The molecule has 148 valence electrons. The second-order valence-corrected chi connectivity index (χ2v) is 7.27. The zero-order valence-corrected chi connectivity index (χ0v) is 16.1. The maximum atomic E-state index is 14.3. The number of phenolic OH excluding ortho intramolecular Hbond substituents is 1. The summed E-state index contributed by atoms with van der Waals surface area (Å²) in [4.78, 5) is 11.2. The number of aromatic hydroxyl groups is 1. The van der Waals surface area contributed by atoms with Crippen molar-refractivity contribution in [3.8, 4) is 33.8 Å². The van der Waals surface area contributed by atoms with Crippen LogP contribution in [0.15, 0.2) is 60.7 Å². The highest BCUT2D eigenvalue weighted by molar-refractivity contribution is 5.89. The molecule has 0 unspecified atom stereocenters. The Morgan fingerprint density at radius 1 is 1.03 bits per heavy atom. The van der Waals surface area contributed by atoms with E-state index in [1.165, 1.54) is 25.5 Å². The highest BCUT2D eigenvalue weighted by Crippen LogP contribution is 2.39. The predicted molar refractivity (Wildman–Crippen MR) is 112 cm³/mol. The number of ether oxygens (including phenoxy) is 1. The maximum absolute atomic E-state index is 14.3. The Morgan fingerprint density at radius 2 is 1.69 bits per heavy atom. The van der Waals surface area contributed by atoms with Gasteiger partial charge in [-0.05, 0) is 54.7 Å². The fraction of sp³-hybridized carbons (Fsp3) is 0.208. The summed E-state index contributed by atoms with van der Waals surface area (Å²) in [6.07, 6.45) is 3.73. The number of para-hydroxylation sites is 1. The molecule has 1 amide bonds. The van der Waals surface area contributed by atoms with Gasteiger partial charge >= 0.3 is 0 Å². The van der Waals surface area contributed by atoms with Crippen molar-refractivity contribution in [3.05, 3.63) is 66.5 Å². The van der Waals surface area contributed by atoms with Crippen LogP contribution >= 0.6 is 0 Å². The van der Waals surface area contributed by atoms with Crippen molar-refractivity contribution in [3.63, 3.8) is 0 Å². The minimum absolute atomic E-state index is 0.0758. The van der Waals surface area contributed by atoms with Gasteiger partial charge in [-0.25, -0.2) is 4.39 Å². The summed E-state index contributed by atoms with van der Waals surface area (Å²) in [5, 5.41) is 13.3. The number of halogens is 1. The van der Waals surface area contributed by atoms with E-state index in [0.717, 1.165) is 24.2 Å². The van der Waals surface area contributed by atoms with Crippen LogP contribution in [0.25, 0.3) is 22.3 Å². The topological polar surface area (TPSA) is 58.6 Å². The number of benzene rings is 3. The van der Waals surface area contributed by atoms with Gasteiger partial charge in [0.05, 0.1) is 11.8 Å². The number of nitrogens with one attached hydrogen (secondary N) is 1. The molecule has 4 rings (SSSR count). The normalized spacial score (nSPS) is 13.6. The highest BCUT2D eigenvalue weighted by atomic mass is 19.1. The number of rotatable bonds is 5. The summed E-state index contributed by atoms with van der Waals surface area (Å²) < 4.78 is 20.2. The number of hydrogen-bond donors (Lipinski definition) is 2. The van der Waals surface area contributed by atoms with Gasteiger partial charge in [0.15, 0.2) is 0 Å². The average Bonchev–Trinajstić information content (AvgIpc) is 2.67. The van der Waals surface area contributed by atoms with E-state index in [1.54, 1.807) is 12.1 Å². The first-order valence-electron chi connectivity index (χ1n) is 9.68. The van der Waals surface area contributed by atoms with Crippen LogP contribution in [0.1, 0.15) is 26.2 Å². The summed E-state index contributed by atoms with van der Waals surface area (Å²) in [6.45, 7) is 1.32. The molecule has 1 saturated carbocycles. The van der Waals surface area contributed by atoms with Gasteiger partial charge in [-0.1, -0.05) is 36.4 Å². The van der Waals surface area contributed by atoms with Gasteiger partial charge in [0.2, 0.25) is 5.91 Å². The third-order valence-corrected chi connectivity index (χ3v) is 5.15. The third-order valence-electron chi connectivity index (χ3n) is 5.15. The van der Waals surface area contributed by atoms with E-state index in [-0.39, 0.29) is 17.3 Å². The molecule has 1 fully saturated rings. The van der Waals surface area contributed by atoms with Gasteiger partial charge in [0.1, 0.15) is 17.3 Å². The lowest BCUT2D eigenvalue weighted by Crippen LogP contribution is -2.24. The van der Waals surface area contributed by atoms with Crippen LogP contribution in [0.2, 0.25) is 0 Å².